The van der Waals surface area contributed by atoms with Gasteiger partial charge in [-0.15, -0.1) is 11.3 Å². The number of rotatable bonds is 5. The molecule has 1 atom stereocenters. The largest absolute Gasteiger partial charge is 0.454 e. The number of amides is 2. The Morgan fingerprint density at radius 3 is 2.83 bits per heavy atom. The number of nitrogens with zero attached hydrogens (tertiary/aromatic N) is 1. The van der Waals surface area contributed by atoms with E-state index in [2.05, 4.69) is 5.32 Å². The number of thiophene rings is 1. The molecule has 1 aromatic heterocycles. The van der Waals surface area contributed by atoms with Gasteiger partial charge in [0.25, 0.3) is 5.91 Å². The molecule has 6 nitrogen and oxygen atoms in total. The summed E-state index contributed by atoms with van der Waals surface area (Å²) >= 11 is 1.34. The SMILES string of the molecule is C[C@H](NC(=O)c1cccs1)C(=O)N(C)Cc1ccc2c(c1)OCO2. The molecule has 1 N–H and O–H groups in total. The Labute approximate surface area is 144 Å². The van der Waals surface area contributed by atoms with Crippen LogP contribution in [0.5, 0.6) is 11.5 Å². The van der Waals surface area contributed by atoms with Crippen LogP contribution in [0.25, 0.3) is 0 Å². The van der Waals surface area contributed by atoms with Crippen molar-refractivity contribution in [1.29, 1.82) is 0 Å². The van der Waals surface area contributed by atoms with Crippen molar-refractivity contribution in [3.05, 3.63) is 46.2 Å². The average molecular weight is 346 g/mol. The Bertz CT molecular complexity index is 745. The molecule has 7 heteroatoms. The van der Waals surface area contributed by atoms with E-state index in [1.165, 1.54) is 11.3 Å². The molecule has 0 bridgehead atoms. The zero-order valence-electron chi connectivity index (χ0n) is 13.4. The summed E-state index contributed by atoms with van der Waals surface area (Å²) in [4.78, 5) is 26.6. The molecule has 1 aliphatic rings. The maximum absolute atomic E-state index is 12.4. The summed E-state index contributed by atoms with van der Waals surface area (Å²) < 4.78 is 10.6. The number of hydrogen-bond donors (Lipinski definition) is 1. The zero-order chi connectivity index (χ0) is 17.1. The highest BCUT2D eigenvalue weighted by Gasteiger charge is 2.21. The van der Waals surface area contributed by atoms with Crippen LogP contribution in [-0.4, -0.2) is 36.6 Å². The molecular weight excluding hydrogens is 328 g/mol. The van der Waals surface area contributed by atoms with E-state index in [0.717, 1.165) is 5.56 Å². The van der Waals surface area contributed by atoms with Crippen LogP contribution in [-0.2, 0) is 11.3 Å². The van der Waals surface area contributed by atoms with Crippen molar-refractivity contribution < 1.29 is 19.1 Å². The van der Waals surface area contributed by atoms with E-state index in [4.69, 9.17) is 9.47 Å². The summed E-state index contributed by atoms with van der Waals surface area (Å²) in [5, 5.41) is 4.55. The summed E-state index contributed by atoms with van der Waals surface area (Å²) in [6.07, 6.45) is 0. The van der Waals surface area contributed by atoms with Crippen molar-refractivity contribution >= 4 is 23.2 Å². The quantitative estimate of drug-likeness (QED) is 0.902. The Hall–Kier alpha value is -2.54. The Morgan fingerprint density at radius 1 is 1.29 bits per heavy atom. The number of hydrogen-bond acceptors (Lipinski definition) is 5. The van der Waals surface area contributed by atoms with Crippen LogP contribution in [0.1, 0.15) is 22.2 Å². The van der Waals surface area contributed by atoms with Gasteiger partial charge >= 0.3 is 0 Å². The Balaban J connectivity index is 1.58. The van der Waals surface area contributed by atoms with Gasteiger partial charge < -0.3 is 19.7 Å². The van der Waals surface area contributed by atoms with Gasteiger partial charge in [-0.1, -0.05) is 12.1 Å². The number of carbonyl (C=O) groups is 2. The zero-order valence-corrected chi connectivity index (χ0v) is 14.3. The molecule has 0 aliphatic carbocycles. The second-order valence-electron chi connectivity index (χ2n) is 5.55. The first-order chi connectivity index (χ1) is 11.5. The molecule has 1 aliphatic heterocycles. The Morgan fingerprint density at radius 2 is 2.08 bits per heavy atom. The molecule has 0 radical (unpaired) electrons. The van der Waals surface area contributed by atoms with Crippen LogP contribution in [0.4, 0.5) is 0 Å². The number of ether oxygens (including phenoxy) is 2. The molecule has 24 heavy (non-hydrogen) atoms. The van der Waals surface area contributed by atoms with E-state index in [1.807, 2.05) is 23.6 Å². The van der Waals surface area contributed by atoms with Gasteiger partial charge in [-0.2, -0.15) is 0 Å². The van der Waals surface area contributed by atoms with Crippen molar-refractivity contribution in [2.24, 2.45) is 0 Å². The van der Waals surface area contributed by atoms with Crippen LogP contribution >= 0.6 is 11.3 Å². The predicted molar refractivity (Wildman–Crippen MR) is 90.3 cm³/mol. The van der Waals surface area contributed by atoms with Crippen molar-refractivity contribution in [2.45, 2.75) is 19.5 Å². The predicted octanol–water partition coefficient (Wildman–Crippen LogP) is 2.25. The molecule has 0 saturated heterocycles. The van der Waals surface area contributed by atoms with Gasteiger partial charge in [0.1, 0.15) is 6.04 Å². The van der Waals surface area contributed by atoms with Gasteiger partial charge in [0.15, 0.2) is 11.5 Å². The minimum Gasteiger partial charge on any atom is -0.454 e. The third-order valence-electron chi connectivity index (χ3n) is 3.70. The summed E-state index contributed by atoms with van der Waals surface area (Å²) in [7, 11) is 1.71. The fourth-order valence-corrected chi connectivity index (χ4v) is 3.09. The van der Waals surface area contributed by atoms with Crippen molar-refractivity contribution in [2.75, 3.05) is 13.8 Å². The smallest absolute Gasteiger partial charge is 0.261 e. The summed E-state index contributed by atoms with van der Waals surface area (Å²) in [6, 6.07) is 8.52. The highest BCUT2D eigenvalue weighted by Crippen LogP contribution is 2.32. The first kappa shape index (κ1) is 16.3. The monoisotopic (exact) mass is 346 g/mol. The number of benzene rings is 1. The third-order valence-corrected chi connectivity index (χ3v) is 4.56. The van der Waals surface area contributed by atoms with Gasteiger partial charge in [-0.05, 0) is 36.1 Å². The summed E-state index contributed by atoms with van der Waals surface area (Å²) in [5.41, 5.74) is 0.937. The molecule has 2 amide bonds. The van der Waals surface area contributed by atoms with E-state index < -0.39 is 6.04 Å². The minimum absolute atomic E-state index is 0.155. The lowest BCUT2D eigenvalue weighted by Crippen LogP contribution is -2.45. The minimum atomic E-state index is -0.599. The topological polar surface area (TPSA) is 67.9 Å². The lowest BCUT2D eigenvalue weighted by atomic mass is 10.2. The molecule has 1 aromatic carbocycles. The molecule has 126 valence electrons. The molecular formula is C17H18N2O4S. The highest BCUT2D eigenvalue weighted by molar-refractivity contribution is 7.12. The first-order valence-corrected chi connectivity index (χ1v) is 8.40. The van der Waals surface area contributed by atoms with Crippen LogP contribution in [0, 0.1) is 0 Å². The molecule has 0 unspecified atom stereocenters. The third kappa shape index (κ3) is 3.51. The average Bonchev–Trinajstić information content (AvgIpc) is 3.24. The molecule has 2 heterocycles. The second kappa shape index (κ2) is 6.92. The van der Waals surface area contributed by atoms with E-state index in [9.17, 15) is 9.59 Å². The van der Waals surface area contributed by atoms with Crippen molar-refractivity contribution in [1.82, 2.24) is 10.2 Å². The van der Waals surface area contributed by atoms with E-state index >= 15 is 0 Å². The number of fused-ring (bicyclic) bond motifs is 1. The summed E-state index contributed by atoms with van der Waals surface area (Å²) in [6.45, 7) is 2.33. The maximum atomic E-state index is 12.4. The van der Waals surface area contributed by atoms with Gasteiger partial charge in [-0.3, -0.25) is 9.59 Å². The van der Waals surface area contributed by atoms with Crippen LogP contribution < -0.4 is 14.8 Å². The lowest BCUT2D eigenvalue weighted by molar-refractivity contribution is -0.132. The van der Waals surface area contributed by atoms with Crippen molar-refractivity contribution in [3.63, 3.8) is 0 Å². The van der Waals surface area contributed by atoms with E-state index in [1.54, 1.807) is 31.0 Å². The van der Waals surface area contributed by atoms with E-state index in [-0.39, 0.29) is 18.6 Å². The highest BCUT2D eigenvalue weighted by atomic mass is 32.1. The number of nitrogens with one attached hydrogen (secondary N) is 1. The molecule has 0 saturated carbocycles. The van der Waals surface area contributed by atoms with Gasteiger partial charge in [0.05, 0.1) is 4.88 Å². The molecule has 0 fully saturated rings. The van der Waals surface area contributed by atoms with Crippen LogP contribution in [0.3, 0.4) is 0 Å². The second-order valence-corrected chi connectivity index (χ2v) is 6.50. The molecule has 0 spiro atoms. The van der Waals surface area contributed by atoms with Gasteiger partial charge in [0.2, 0.25) is 12.7 Å². The van der Waals surface area contributed by atoms with Crippen molar-refractivity contribution in [3.8, 4) is 11.5 Å². The normalized spacial score (nSPS) is 13.4. The number of likely N-dealkylation sites (N-methyl/N-ethyl adjacent to an activating group) is 1. The fourth-order valence-electron chi connectivity index (χ4n) is 2.46. The van der Waals surface area contributed by atoms with Crippen LogP contribution in [0.15, 0.2) is 35.7 Å². The standard InChI is InChI=1S/C17H18N2O4S/c1-11(18-16(20)15-4-3-7-24-15)17(21)19(2)9-12-5-6-13-14(8-12)23-10-22-13/h3-8,11H,9-10H2,1-2H3,(H,18,20)/t11-/m0/s1. The van der Waals surface area contributed by atoms with Gasteiger partial charge in [-0.25, -0.2) is 0 Å². The Kier molecular flexibility index (Phi) is 4.71. The first-order valence-electron chi connectivity index (χ1n) is 7.52. The fraction of sp³-hybridized carbons (Fsp3) is 0.294. The summed E-state index contributed by atoms with van der Waals surface area (Å²) in [5.74, 6) is 1.01. The maximum Gasteiger partial charge on any atom is 0.261 e. The lowest BCUT2D eigenvalue weighted by Gasteiger charge is -2.22. The van der Waals surface area contributed by atoms with E-state index in [0.29, 0.717) is 22.9 Å². The molecule has 2 aromatic rings. The molecule has 3 rings (SSSR count). The van der Waals surface area contributed by atoms with Gasteiger partial charge in [0, 0.05) is 13.6 Å². The number of carbonyl (C=O) groups excluding carboxylic acids is 2. The van der Waals surface area contributed by atoms with Crippen LogP contribution in [0.2, 0.25) is 0 Å².